The molecule has 0 saturated carbocycles. The number of methoxy groups -OCH3 is 3. The van der Waals surface area contributed by atoms with Gasteiger partial charge in [0.1, 0.15) is 11.5 Å². The van der Waals surface area contributed by atoms with Gasteiger partial charge >= 0.3 is 0 Å². The van der Waals surface area contributed by atoms with Crippen LogP contribution in [0.5, 0.6) is 17.2 Å². The SMILES string of the molecule is COc1ccc(CN(C)Cc2nc(-c3ccc(OC)c4ccccc34)oc2C)cc1OC. The monoisotopic (exact) mass is 432 g/mol. The van der Waals surface area contributed by atoms with E-state index in [0.29, 0.717) is 12.4 Å². The minimum Gasteiger partial charge on any atom is -0.496 e. The van der Waals surface area contributed by atoms with Crippen molar-refractivity contribution < 1.29 is 18.6 Å². The molecule has 32 heavy (non-hydrogen) atoms. The van der Waals surface area contributed by atoms with Crippen LogP contribution in [0, 0.1) is 6.92 Å². The first-order valence-corrected chi connectivity index (χ1v) is 10.5. The zero-order chi connectivity index (χ0) is 22.7. The lowest BCUT2D eigenvalue weighted by molar-refractivity contribution is 0.311. The molecule has 3 aromatic carbocycles. The van der Waals surface area contributed by atoms with Gasteiger partial charge in [-0.1, -0.05) is 30.3 Å². The second kappa shape index (κ2) is 9.32. The van der Waals surface area contributed by atoms with Crippen molar-refractivity contribution in [3.05, 3.63) is 71.6 Å². The summed E-state index contributed by atoms with van der Waals surface area (Å²) in [5.74, 6) is 3.73. The lowest BCUT2D eigenvalue weighted by Crippen LogP contribution is -2.18. The van der Waals surface area contributed by atoms with Gasteiger partial charge in [0, 0.05) is 24.0 Å². The number of hydrogen-bond donors (Lipinski definition) is 0. The molecule has 166 valence electrons. The van der Waals surface area contributed by atoms with Crippen molar-refractivity contribution in [3.8, 4) is 28.7 Å². The summed E-state index contributed by atoms with van der Waals surface area (Å²) in [5.41, 5.74) is 3.01. The highest BCUT2D eigenvalue weighted by atomic mass is 16.5. The number of fused-ring (bicyclic) bond motifs is 1. The summed E-state index contributed by atoms with van der Waals surface area (Å²) in [7, 11) is 7.03. The molecule has 0 aliphatic carbocycles. The van der Waals surface area contributed by atoms with E-state index >= 15 is 0 Å². The van der Waals surface area contributed by atoms with Gasteiger partial charge in [0.25, 0.3) is 0 Å². The van der Waals surface area contributed by atoms with Crippen molar-refractivity contribution in [2.45, 2.75) is 20.0 Å². The van der Waals surface area contributed by atoms with Crippen molar-refractivity contribution in [3.63, 3.8) is 0 Å². The minimum absolute atomic E-state index is 0.621. The predicted octanol–water partition coefficient (Wildman–Crippen LogP) is 5.46. The van der Waals surface area contributed by atoms with E-state index in [-0.39, 0.29) is 0 Å². The first-order valence-electron chi connectivity index (χ1n) is 10.5. The fourth-order valence-corrected chi connectivity index (χ4v) is 3.93. The van der Waals surface area contributed by atoms with Gasteiger partial charge in [-0.2, -0.15) is 0 Å². The van der Waals surface area contributed by atoms with Crippen molar-refractivity contribution in [1.29, 1.82) is 0 Å². The van der Waals surface area contributed by atoms with Gasteiger partial charge in [0.2, 0.25) is 5.89 Å². The largest absolute Gasteiger partial charge is 0.496 e. The molecule has 0 fully saturated rings. The zero-order valence-electron chi connectivity index (χ0n) is 19.1. The van der Waals surface area contributed by atoms with E-state index < -0.39 is 0 Å². The Kier molecular flexibility index (Phi) is 6.32. The summed E-state index contributed by atoms with van der Waals surface area (Å²) in [6.07, 6.45) is 0. The van der Waals surface area contributed by atoms with Crippen LogP contribution >= 0.6 is 0 Å². The van der Waals surface area contributed by atoms with Crippen molar-refractivity contribution in [2.75, 3.05) is 28.4 Å². The van der Waals surface area contributed by atoms with Crippen LogP contribution < -0.4 is 14.2 Å². The molecule has 4 rings (SSSR count). The maximum atomic E-state index is 6.09. The predicted molar refractivity (Wildman–Crippen MR) is 125 cm³/mol. The zero-order valence-corrected chi connectivity index (χ0v) is 19.1. The Morgan fingerprint density at radius 1 is 0.812 bits per heavy atom. The molecule has 0 saturated heterocycles. The van der Waals surface area contributed by atoms with Crippen LogP contribution in [-0.2, 0) is 13.1 Å². The average Bonchev–Trinajstić information content (AvgIpc) is 3.17. The maximum Gasteiger partial charge on any atom is 0.227 e. The highest BCUT2D eigenvalue weighted by Gasteiger charge is 2.17. The van der Waals surface area contributed by atoms with E-state index in [1.54, 1.807) is 21.3 Å². The lowest BCUT2D eigenvalue weighted by Gasteiger charge is -2.17. The third kappa shape index (κ3) is 4.27. The maximum absolute atomic E-state index is 6.09. The Hall–Kier alpha value is -3.51. The third-order valence-corrected chi connectivity index (χ3v) is 5.55. The fourth-order valence-electron chi connectivity index (χ4n) is 3.93. The van der Waals surface area contributed by atoms with Crippen LogP contribution in [0.25, 0.3) is 22.2 Å². The molecule has 1 aromatic heterocycles. The lowest BCUT2D eigenvalue weighted by atomic mass is 10.0. The number of nitrogens with zero attached hydrogens (tertiary/aromatic N) is 2. The molecule has 4 aromatic rings. The van der Waals surface area contributed by atoms with E-state index in [0.717, 1.165) is 57.1 Å². The molecule has 6 nitrogen and oxygen atoms in total. The van der Waals surface area contributed by atoms with Gasteiger partial charge in [0.15, 0.2) is 11.5 Å². The number of aromatic nitrogens is 1. The number of benzene rings is 3. The molecule has 0 N–H and O–H groups in total. The van der Waals surface area contributed by atoms with E-state index in [1.165, 1.54) is 0 Å². The summed E-state index contributed by atoms with van der Waals surface area (Å²) in [6, 6.07) is 18.1. The number of oxazole rings is 1. The summed E-state index contributed by atoms with van der Waals surface area (Å²) >= 11 is 0. The molecule has 6 heteroatoms. The quantitative estimate of drug-likeness (QED) is 0.368. The van der Waals surface area contributed by atoms with Crippen molar-refractivity contribution in [2.24, 2.45) is 0 Å². The second-order valence-corrected chi connectivity index (χ2v) is 7.74. The van der Waals surface area contributed by atoms with Crippen LogP contribution in [0.4, 0.5) is 0 Å². The molecular formula is C26H28N2O4. The number of aryl methyl sites for hydroxylation is 1. The highest BCUT2D eigenvalue weighted by molar-refractivity contribution is 5.98. The van der Waals surface area contributed by atoms with Gasteiger partial charge < -0.3 is 18.6 Å². The number of hydrogen-bond acceptors (Lipinski definition) is 6. The molecule has 1 heterocycles. The molecule has 0 aliphatic rings. The Bertz CT molecular complexity index is 1230. The first-order chi connectivity index (χ1) is 15.5. The van der Waals surface area contributed by atoms with Crippen LogP contribution in [0.2, 0.25) is 0 Å². The molecular weight excluding hydrogens is 404 g/mol. The highest BCUT2D eigenvalue weighted by Crippen LogP contribution is 2.35. The van der Waals surface area contributed by atoms with Crippen molar-refractivity contribution >= 4 is 10.8 Å². The number of ether oxygens (including phenoxy) is 3. The van der Waals surface area contributed by atoms with Crippen LogP contribution in [-0.4, -0.2) is 38.3 Å². The fraction of sp³-hybridized carbons (Fsp3) is 0.269. The number of rotatable bonds is 8. The molecule has 0 bridgehead atoms. The van der Waals surface area contributed by atoms with Gasteiger partial charge in [-0.25, -0.2) is 4.98 Å². The van der Waals surface area contributed by atoms with Crippen LogP contribution in [0.15, 0.2) is 59.0 Å². The summed E-state index contributed by atoms with van der Waals surface area (Å²) < 4.78 is 22.3. The molecule has 0 atom stereocenters. The molecule has 0 aliphatic heterocycles. The van der Waals surface area contributed by atoms with Crippen LogP contribution in [0.1, 0.15) is 17.0 Å². The molecule has 0 amide bonds. The third-order valence-electron chi connectivity index (χ3n) is 5.55. The second-order valence-electron chi connectivity index (χ2n) is 7.74. The molecule has 0 unspecified atom stereocenters. The van der Waals surface area contributed by atoms with E-state index in [1.807, 2.05) is 55.5 Å². The Morgan fingerprint density at radius 3 is 2.22 bits per heavy atom. The summed E-state index contributed by atoms with van der Waals surface area (Å²) in [5, 5.41) is 2.09. The van der Waals surface area contributed by atoms with E-state index in [9.17, 15) is 0 Å². The van der Waals surface area contributed by atoms with Crippen LogP contribution in [0.3, 0.4) is 0 Å². The Balaban J connectivity index is 1.57. The summed E-state index contributed by atoms with van der Waals surface area (Å²) in [4.78, 5) is 7.03. The van der Waals surface area contributed by atoms with Crippen molar-refractivity contribution in [1.82, 2.24) is 9.88 Å². The minimum atomic E-state index is 0.621. The van der Waals surface area contributed by atoms with Gasteiger partial charge in [-0.15, -0.1) is 0 Å². The van der Waals surface area contributed by atoms with Gasteiger partial charge in [-0.05, 0) is 49.2 Å². The van der Waals surface area contributed by atoms with E-state index in [2.05, 4.69) is 18.0 Å². The topological polar surface area (TPSA) is 57.0 Å². The smallest absolute Gasteiger partial charge is 0.227 e. The molecule has 0 spiro atoms. The first kappa shape index (κ1) is 21.7. The van der Waals surface area contributed by atoms with Gasteiger partial charge in [-0.3, -0.25) is 4.90 Å². The van der Waals surface area contributed by atoms with Gasteiger partial charge in [0.05, 0.1) is 27.0 Å². The normalized spacial score (nSPS) is 11.2. The Morgan fingerprint density at radius 2 is 1.50 bits per heavy atom. The molecule has 0 radical (unpaired) electrons. The van der Waals surface area contributed by atoms with E-state index in [4.69, 9.17) is 23.6 Å². The Labute approximate surface area is 188 Å². The average molecular weight is 433 g/mol. The standard InChI is InChI=1S/C26H28N2O4/c1-17-22(16-28(2)15-18-10-12-24(30-4)25(14-18)31-5)27-26(32-17)21-11-13-23(29-3)20-9-7-6-8-19(20)21/h6-14H,15-16H2,1-5H3. The summed E-state index contributed by atoms with van der Waals surface area (Å²) in [6.45, 7) is 3.37.